The largest absolute Gasteiger partial charge is 0.495 e. The molecule has 0 saturated carbocycles. The smallest absolute Gasteiger partial charge is 0.144 e. The molecule has 1 aromatic rings. The molecule has 0 saturated heterocycles. The van der Waals surface area contributed by atoms with Gasteiger partial charge in [-0.05, 0) is 6.42 Å². The first-order chi connectivity index (χ1) is 7.22. The van der Waals surface area contributed by atoms with Crippen molar-refractivity contribution >= 4 is 11.4 Å². The van der Waals surface area contributed by atoms with Crippen LogP contribution < -0.4 is 20.5 Å². The number of nitrogens with two attached hydrogens (primary N) is 1. The molecule has 0 aromatic heterocycles. The van der Waals surface area contributed by atoms with Crippen molar-refractivity contribution in [2.45, 2.75) is 13.3 Å². The number of ether oxygens (including phenoxy) is 2. The Bertz CT molecular complexity index is 327. The lowest BCUT2D eigenvalue weighted by Gasteiger charge is -2.13. The highest BCUT2D eigenvalue weighted by molar-refractivity contribution is 5.69. The van der Waals surface area contributed by atoms with Crippen LogP contribution in [0.1, 0.15) is 13.3 Å². The molecule has 0 fully saturated rings. The fourth-order valence-electron chi connectivity index (χ4n) is 1.32. The molecule has 1 rings (SSSR count). The van der Waals surface area contributed by atoms with E-state index in [2.05, 4.69) is 12.2 Å². The molecule has 4 heteroatoms. The molecule has 0 heterocycles. The third-order valence-electron chi connectivity index (χ3n) is 2.12. The first-order valence-corrected chi connectivity index (χ1v) is 4.98. The van der Waals surface area contributed by atoms with Gasteiger partial charge in [-0.15, -0.1) is 0 Å². The van der Waals surface area contributed by atoms with Gasteiger partial charge in [-0.25, -0.2) is 0 Å². The monoisotopic (exact) mass is 210 g/mol. The zero-order valence-corrected chi connectivity index (χ0v) is 9.46. The number of hydrogen-bond donors (Lipinski definition) is 2. The lowest BCUT2D eigenvalue weighted by molar-refractivity contribution is 0.406. The van der Waals surface area contributed by atoms with Crippen LogP contribution in [0.25, 0.3) is 0 Å². The molecule has 4 nitrogen and oxygen atoms in total. The molecule has 0 aliphatic carbocycles. The van der Waals surface area contributed by atoms with Crippen LogP contribution in [0.5, 0.6) is 11.5 Å². The Kier molecular flexibility index (Phi) is 4.09. The van der Waals surface area contributed by atoms with Crippen LogP contribution in [-0.4, -0.2) is 20.8 Å². The molecule has 0 radical (unpaired) electrons. The summed E-state index contributed by atoms with van der Waals surface area (Å²) in [6, 6.07) is 3.61. The summed E-state index contributed by atoms with van der Waals surface area (Å²) in [6.45, 7) is 3.00. The van der Waals surface area contributed by atoms with Crippen LogP contribution in [0.4, 0.5) is 11.4 Å². The van der Waals surface area contributed by atoms with Crippen molar-refractivity contribution < 1.29 is 9.47 Å². The van der Waals surface area contributed by atoms with E-state index in [0.29, 0.717) is 11.4 Å². The minimum absolute atomic E-state index is 0.580. The van der Waals surface area contributed by atoms with Gasteiger partial charge in [0.15, 0.2) is 0 Å². The van der Waals surface area contributed by atoms with Crippen molar-refractivity contribution in [1.29, 1.82) is 0 Å². The van der Waals surface area contributed by atoms with Gasteiger partial charge in [-0.3, -0.25) is 0 Å². The topological polar surface area (TPSA) is 56.5 Å². The highest BCUT2D eigenvalue weighted by Crippen LogP contribution is 2.34. The van der Waals surface area contributed by atoms with Gasteiger partial charge in [0.25, 0.3) is 0 Å². The molecule has 0 amide bonds. The first-order valence-electron chi connectivity index (χ1n) is 4.98. The van der Waals surface area contributed by atoms with Crippen molar-refractivity contribution in [2.24, 2.45) is 0 Å². The third kappa shape index (κ3) is 2.68. The van der Waals surface area contributed by atoms with Crippen molar-refractivity contribution in [3.63, 3.8) is 0 Å². The van der Waals surface area contributed by atoms with Crippen molar-refractivity contribution in [3.8, 4) is 11.5 Å². The van der Waals surface area contributed by atoms with Crippen LogP contribution in [0.2, 0.25) is 0 Å². The molecule has 1 aromatic carbocycles. The zero-order chi connectivity index (χ0) is 11.3. The first kappa shape index (κ1) is 11.5. The van der Waals surface area contributed by atoms with Crippen molar-refractivity contribution in [2.75, 3.05) is 31.8 Å². The molecule has 0 spiro atoms. The minimum Gasteiger partial charge on any atom is -0.495 e. The summed E-state index contributed by atoms with van der Waals surface area (Å²) in [4.78, 5) is 0. The van der Waals surface area contributed by atoms with Crippen LogP contribution in [0.3, 0.4) is 0 Å². The maximum Gasteiger partial charge on any atom is 0.144 e. The second-order valence-corrected chi connectivity index (χ2v) is 3.22. The summed E-state index contributed by atoms with van der Waals surface area (Å²) < 4.78 is 10.4. The van der Waals surface area contributed by atoms with E-state index in [4.69, 9.17) is 15.2 Å². The lowest BCUT2D eigenvalue weighted by Crippen LogP contribution is -2.03. The van der Waals surface area contributed by atoms with Crippen LogP contribution in [0.15, 0.2) is 12.1 Å². The van der Waals surface area contributed by atoms with Crippen LogP contribution in [-0.2, 0) is 0 Å². The summed E-state index contributed by atoms with van der Waals surface area (Å²) >= 11 is 0. The number of methoxy groups -OCH3 is 2. The molecule has 0 aliphatic heterocycles. The van der Waals surface area contributed by atoms with Gasteiger partial charge in [0, 0.05) is 18.7 Å². The third-order valence-corrected chi connectivity index (χ3v) is 2.12. The van der Waals surface area contributed by atoms with E-state index in [1.54, 1.807) is 20.3 Å². The molecule has 84 valence electrons. The van der Waals surface area contributed by atoms with Gasteiger partial charge in [-0.1, -0.05) is 6.92 Å². The fourth-order valence-corrected chi connectivity index (χ4v) is 1.32. The van der Waals surface area contributed by atoms with E-state index in [1.807, 2.05) is 6.07 Å². The van der Waals surface area contributed by atoms with E-state index in [9.17, 15) is 0 Å². The average Bonchev–Trinajstić information content (AvgIpc) is 2.26. The van der Waals surface area contributed by atoms with E-state index < -0.39 is 0 Å². The standard InChI is InChI=1S/C11H18N2O2/c1-4-5-13-9-7-10(14-2)8(12)6-11(9)15-3/h6-7,13H,4-5,12H2,1-3H3. The molecule has 0 bridgehead atoms. The van der Waals surface area contributed by atoms with E-state index in [0.717, 1.165) is 24.4 Å². The second-order valence-electron chi connectivity index (χ2n) is 3.22. The van der Waals surface area contributed by atoms with Gasteiger partial charge < -0.3 is 20.5 Å². The number of hydrogen-bond acceptors (Lipinski definition) is 4. The molecule has 3 N–H and O–H groups in total. The van der Waals surface area contributed by atoms with E-state index in [-0.39, 0.29) is 0 Å². The maximum atomic E-state index is 5.77. The molecular weight excluding hydrogens is 192 g/mol. The lowest BCUT2D eigenvalue weighted by atomic mass is 10.2. The Morgan fingerprint density at radius 2 is 1.87 bits per heavy atom. The predicted octanol–water partition coefficient (Wildman–Crippen LogP) is 2.11. The summed E-state index contributed by atoms with van der Waals surface area (Å²) in [7, 11) is 3.22. The highest BCUT2D eigenvalue weighted by atomic mass is 16.5. The van der Waals surface area contributed by atoms with Crippen LogP contribution in [0, 0.1) is 0 Å². The molecule has 0 aliphatic rings. The normalized spacial score (nSPS) is 9.80. The quantitative estimate of drug-likeness (QED) is 0.731. The van der Waals surface area contributed by atoms with Gasteiger partial charge in [-0.2, -0.15) is 0 Å². The molecule has 0 atom stereocenters. The second kappa shape index (κ2) is 5.34. The summed E-state index contributed by atoms with van der Waals surface area (Å²) in [5.74, 6) is 1.40. The molecular formula is C11H18N2O2. The molecule has 15 heavy (non-hydrogen) atoms. The minimum atomic E-state index is 0.580. The zero-order valence-electron chi connectivity index (χ0n) is 9.46. The SMILES string of the molecule is CCCNc1cc(OC)c(N)cc1OC. The van der Waals surface area contributed by atoms with Gasteiger partial charge in [0.05, 0.1) is 25.6 Å². The number of benzene rings is 1. The Hall–Kier alpha value is -1.58. The number of rotatable bonds is 5. The summed E-state index contributed by atoms with van der Waals surface area (Å²) in [6.07, 6.45) is 1.05. The summed E-state index contributed by atoms with van der Waals surface area (Å²) in [5, 5.41) is 3.26. The van der Waals surface area contributed by atoms with Crippen molar-refractivity contribution in [1.82, 2.24) is 0 Å². The average molecular weight is 210 g/mol. The fraction of sp³-hybridized carbons (Fsp3) is 0.455. The Balaban J connectivity index is 2.99. The Morgan fingerprint density at radius 1 is 1.20 bits per heavy atom. The van der Waals surface area contributed by atoms with Gasteiger partial charge in [0.2, 0.25) is 0 Å². The number of nitrogens with one attached hydrogen (secondary N) is 1. The Morgan fingerprint density at radius 3 is 2.40 bits per heavy atom. The van der Waals surface area contributed by atoms with Gasteiger partial charge in [0.1, 0.15) is 11.5 Å². The van der Waals surface area contributed by atoms with Crippen LogP contribution >= 0.6 is 0 Å². The Labute approximate surface area is 90.4 Å². The van der Waals surface area contributed by atoms with Gasteiger partial charge >= 0.3 is 0 Å². The predicted molar refractivity (Wildman–Crippen MR) is 62.7 cm³/mol. The number of nitrogen functional groups attached to an aromatic ring is 1. The van der Waals surface area contributed by atoms with E-state index in [1.165, 1.54) is 0 Å². The maximum absolute atomic E-state index is 5.77. The summed E-state index contributed by atoms with van der Waals surface area (Å²) in [5.41, 5.74) is 7.26. The molecule has 0 unspecified atom stereocenters. The van der Waals surface area contributed by atoms with E-state index >= 15 is 0 Å². The number of anilines is 2. The van der Waals surface area contributed by atoms with Crippen molar-refractivity contribution in [3.05, 3.63) is 12.1 Å². The highest BCUT2D eigenvalue weighted by Gasteiger charge is 2.08.